The van der Waals surface area contributed by atoms with Crippen molar-refractivity contribution in [3.8, 4) is 0 Å². The van der Waals surface area contributed by atoms with Crippen LogP contribution in [-0.2, 0) is 15.3 Å². The predicted molar refractivity (Wildman–Crippen MR) is 80.6 cm³/mol. The van der Waals surface area contributed by atoms with Crippen LogP contribution in [-0.4, -0.2) is 44.6 Å². The van der Waals surface area contributed by atoms with Gasteiger partial charge in [-0.2, -0.15) is 0 Å². The van der Waals surface area contributed by atoms with Gasteiger partial charge >= 0.3 is 12.6 Å². The first-order valence-corrected chi connectivity index (χ1v) is 7.78. The number of hydrogen-bond donors (Lipinski definition) is 2. The second-order valence-electron chi connectivity index (χ2n) is 5.10. The summed E-state index contributed by atoms with van der Waals surface area (Å²) < 4.78 is 4.26. The van der Waals surface area contributed by atoms with E-state index in [-0.39, 0.29) is 11.3 Å². The molecule has 1 fully saturated rings. The Hall–Kier alpha value is -1.62. The number of nitro groups is 1. The first kappa shape index (κ1) is 16.2. The van der Waals surface area contributed by atoms with Crippen molar-refractivity contribution in [2.45, 2.75) is 17.5 Å². The number of benzene rings is 1. The second-order valence-corrected chi connectivity index (χ2v) is 6.69. The van der Waals surface area contributed by atoms with E-state index in [0.717, 1.165) is 21.4 Å². The van der Waals surface area contributed by atoms with Gasteiger partial charge in [-0.05, 0) is 29.1 Å². The van der Waals surface area contributed by atoms with E-state index in [1.165, 1.54) is 0 Å². The van der Waals surface area contributed by atoms with E-state index >= 15 is 0 Å². The lowest BCUT2D eigenvalue weighted by Crippen LogP contribution is -2.73. The van der Waals surface area contributed by atoms with E-state index in [1.54, 1.807) is 30.3 Å². The monoisotopic (exact) mass is 359 g/mol. The summed E-state index contributed by atoms with van der Waals surface area (Å²) in [5.74, 6) is -2.41. The molecule has 122 valence electrons. The summed E-state index contributed by atoms with van der Waals surface area (Å²) in [4.78, 5) is 22.9. The molecule has 1 aliphatic rings. The van der Waals surface area contributed by atoms with E-state index in [1.807, 2.05) is 0 Å². The first-order valence-electron chi connectivity index (χ1n) is 6.53. The highest BCUT2D eigenvalue weighted by Crippen LogP contribution is 2.43. The molecule has 8 nitrogen and oxygen atoms in total. The molecule has 3 rings (SSSR count). The maximum atomic E-state index is 11.4. The molecule has 0 saturated carbocycles. The lowest BCUT2D eigenvalue weighted by molar-refractivity contribution is -1.31. The highest BCUT2D eigenvalue weighted by molar-refractivity contribution is 7.19. The van der Waals surface area contributed by atoms with Crippen LogP contribution < -0.4 is 0 Å². The number of quaternary nitrogens is 1. The summed E-state index contributed by atoms with van der Waals surface area (Å²) in [6.45, 7) is -0.483. The van der Waals surface area contributed by atoms with Gasteiger partial charge in [0.05, 0.1) is 9.47 Å². The Balaban J connectivity index is 2.13. The molecule has 1 amide bonds. The van der Waals surface area contributed by atoms with Crippen molar-refractivity contribution in [2.75, 3.05) is 6.61 Å². The zero-order chi connectivity index (χ0) is 16.8. The number of hydrogen-bond acceptors (Lipinski definition) is 7. The topological polar surface area (TPSA) is 110 Å². The Morgan fingerprint density at radius 2 is 2.22 bits per heavy atom. The first-order chi connectivity index (χ1) is 10.9. The fourth-order valence-corrected chi connectivity index (χ4v) is 3.95. The molecular weight excluding hydrogens is 348 g/mol. The van der Waals surface area contributed by atoms with Crippen molar-refractivity contribution in [1.29, 1.82) is 0 Å². The van der Waals surface area contributed by atoms with Crippen LogP contribution in [0.2, 0.25) is 0 Å². The molecule has 2 heterocycles. The third kappa shape index (κ3) is 2.17. The molecule has 1 aromatic carbocycles. The Morgan fingerprint density at radius 3 is 2.83 bits per heavy atom. The lowest BCUT2D eigenvalue weighted by Gasteiger charge is -2.41. The SMILES string of the molecule is O=C[N+]1([N+](=O)[O-])C(Cl)COC(O)(c2cc3ccccc3s2)C1O. The van der Waals surface area contributed by atoms with E-state index in [2.05, 4.69) is 0 Å². The number of rotatable bonds is 3. The third-order valence-corrected chi connectivity index (χ3v) is 5.52. The van der Waals surface area contributed by atoms with Gasteiger partial charge in [-0.3, -0.25) is 0 Å². The van der Waals surface area contributed by atoms with Gasteiger partial charge < -0.3 is 14.9 Å². The molecule has 0 radical (unpaired) electrons. The molecule has 23 heavy (non-hydrogen) atoms. The number of alkyl halides is 1. The van der Waals surface area contributed by atoms with Crippen LogP contribution in [0, 0.1) is 10.1 Å². The molecule has 0 spiro atoms. The Labute approximate surface area is 138 Å². The normalized spacial score (nSPS) is 34.4. The summed E-state index contributed by atoms with van der Waals surface area (Å²) in [5, 5.41) is 32.3. The molecule has 1 aliphatic heterocycles. The van der Waals surface area contributed by atoms with Gasteiger partial charge in [0, 0.05) is 4.70 Å². The summed E-state index contributed by atoms with van der Waals surface area (Å²) in [6.07, 6.45) is -2.30. The van der Waals surface area contributed by atoms with Crippen LogP contribution in [0.3, 0.4) is 0 Å². The van der Waals surface area contributed by atoms with E-state index < -0.39 is 33.7 Å². The highest BCUT2D eigenvalue weighted by atomic mass is 35.5. The van der Waals surface area contributed by atoms with Crippen molar-refractivity contribution >= 4 is 39.4 Å². The molecule has 0 bridgehead atoms. The number of ether oxygens (including phenoxy) is 1. The molecule has 4 atom stereocenters. The van der Waals surface area contributed by atoms with Crippen molar-refractivity contribution in [3.63, 3.8) is 0 Å². The number of nitrogens with zero attached hydrogens (tertiary/aromatic N) is 2. The molecule has 0 aliphatic carbocycles. The van der Waals surface area contributed by atoms with Crippen LogP contribution in [0.5, 0.6) is 0 Å². The summed E-state index contributed by atoms with van der Waals surface area (Å²) in [5.41, 5.74) is -1.47. The molecular formula is C13H12ClN2O6S+. The number of carbonyl (C=O) groups is 1. The lowest BCUT2D eigenvalue weighted by atomic mass is 10.1. The van der Waals surface area contributed by atoms with Gasteiger partial charge in [0.25, 0.3) is 11.3 Å². The quantitative estimate of drug-likeness (QED) is 0.212. The van der Waals surface area contributed by atoms with Crippen molar-refractivity contribution in [3.05, 3.63) is 45.3 Å². The average Bonchev–Trinajstić information content (AvgIpc) is 2.97. The van der Waals surface area contributed by atoms with Gasteiger partial charge in [0.2, 0.25) is 5.03 Å². The van der Waals surface area contributed by atoms with Gasteiger partial charge in [-0.1, -0.05) is 18.2 Å². The molecule has 1 saturated heterocycles. The van der Waals surface area contributed by atoms with Crippen molar-refractivity contribution in [1.82, 2.24) is 0 Å². The van der Waals surface area contributed by atoms with Gasteiger partial charge in [0.1, 0.15) is 6.61 Å². The smallest absolute Gasteiger partial charge is 0.354 e. The maximum absolute atomic E-state index is 11.4. The van der Waals surface area contributed by atoms with Gasteiger partial charge in [0.15, 0.2) is 0 Å². The number of halogens is 1. The zero-order valence-electron chi connectivity index (χ0n) is 11.5. The van der Waals surface area contributed by atoms with Crippen molar-refractivity contribution in [2.24, 2.45) is 0 Å². The maximum Gasteiger partial charge on any atom is 0.366 e. The number of morpholine rings is 1. The van der Waals surface area contributed by atoms with Crippen LogP contribution in [0.15, 0.2) is 30.3 Å². The van der Waals surface area contributed by atoms with E-state index in [0.29, 0.717) is 0 Å². The van der Waals surface area contributed by atoms with Crippen LogP contribution in [0.4, 0.5) is 0 Å². The summed E-state index contributed by atoms with van der Waals surface area (Å²) in [7, 11) is 0. The zero-order valence-corrected chi connectivity index (χ0v) is 13.1. The number of aliphatic hydroxyl groups excluding tert-OH is 1. The van der Waals surface area contributed by atoms with Gasteiger partial charge in [-0.15, -0.1) is 11.3 Å². The van der Waals surface area contributed by atoms with Crippen LogP contribution in [0.1, 0.15) is 4.88 Å². The minimum absolute atomic E-state index is 0.0941. The Kier molecular flexibility index (Phi) is 3.87. The number of carbonyl (C=O) groups excluding carboxylic acids is 1. The Morgan fingerprint density at radius 1 is 1.52 bits per heavy atom. The fourth-order valence-electron chi connectivity index (χ4n) is 2.53. The van der Waals surface area contributed by atoms with Gasteiger partial charge in [-0.25, -0.2) is 14.9 Å². The summed E-state index contributed by atoms with van der Waals surface area (Å²) >= 11 is 6.93. The van der Waals surface area contributed by atoms with Crippen molar-refractivity contribution < 1.29 is 29.4 Å². The molecule has 10 heteroatoms. The predicted octanol–water partition coefficient (Wildman–Crippen LogP) is 1.12. The number of thiophene rings is 1. The summed E-state index contributed by atoms with van der Waals surface area (Å²) in [6, 6.07) is 8.72. The highest BCUT2D eigenvalue weighted by Gasteiger charge is 2.69. The largest absolute Gasteiger partial charge is 0.366 e. The van der Waals surface area contributed by atoms with E-state index in [4.69, 9.17) is 16.3 Å². The Bertz CT molecular complexity index is 752. The minimum atomic E-state index is -2.41. The number of fused-ring (bicyclic) bond motifs is 1. The van der Waals surface area contributed by atoms with Crippen LogP contribution in [0.25, 0.3) is 10.1 Å². The molecule has 2 aromatic rings. The standard InChI is InChI=1S/C13H12ClN2O6S/c14-11-6-22-13(19,12(18)16(11,7-17)15(20)21)10-5-8-3-1-2-4-9(8)23-10/h1-5,7,11-12,18-19H,6H2/q+1. The second kappa shape index (κ2) is 5.48. The fraction of sp³-hybridized carbons (Fsp3) is 0.308. The third-order valence-electron chi connectivity index (χ3n) is 3.86. The average molecular weight is 360 g/mol. The minimum Gasteiger partial charge on any atom is -0.354 e. The number of amides is 1. The van der Waals surface area contributed by atoms with E-state index in [9.17, 15) is 25.1 Å². The molecule has 2 N–H and O–H groups in total. The molecule has 1 aromatic heterocycles. The van der Waals surface area contributed by atoms with Crippen LogP contribution >= 0.6 is 22.9 Å². The number of aliphatic hydroxyl groups is 2. The molecule has 4 unspecified atom stereocenters.